The van der Waals surface area contributed by atoms with Crippen LogP contribution in [0.15, 0.2) is 94.4 Å². The average Bonchev–Trinajstić information content (AvgIpc) is 3.14. The minimum Gasteiger partial charge on any atom is -0.497 e. The molecule has 1 N–H and O–H groups in total. The van der Waals surface area contributed by atoms with Crippen LogP contribution in [-0.2, 0) is 18.9 Å². The monoisotopic (exact) mass is 695 g/mol. The SMILES string of the molecule is COc1ccc(C(OC)O[C@H]2CC3C(C)(CC[C@@H]4O[C@H](c5ccccc5)OC[C@]34C)C3[C@@H](O)c4c(cc(-c5cccnc5)oc4=O)OC32C)cc1. The molecule has 10 nitrogen and oxygen atoms in total. The van der Waals surface area contributed by atoms with Crippen molar-refractivity contribution in [3.05, 3.63) is 112 Å². The van der Waals surface area contributed by atoms with Crippen LogP contribution in [0.25, 0.3) is 11.3 Å². The Bertz CT molecular complexity index is 1920. The van der Waals surface area contributed by atoms with E-state index in [1.54, 1.807) is 38.7 Å². The minimum absolute atomic E-state index is 0.0431. The Labute approximate surface area is 297 Å². The van der Waals surface area contributed by atoms with Gasteiger partial charge in [0.2, 0.25) is 0 Å². The second kappa shape index (κ2) is 12.9. The number of nitrogens with zero attached hydrogens (tertiary/aromatic N) is 1. The predicted molar refractivity (Wildman–Crippen MR) is 187 cm³/mol. The Hall–Kier alpha value is -4.06. The Morgan fingerprint density at radius 2 is 1.76 bits per heavy atom. The fraction of sp³-hybridized carbons (Fsp3) is 0.463. The summed E-state index contributed by atoms with van der Waals surface area (Å²) in [6, 6.07) is 22.9. The van der Waals surface area contributed by atoms with Gasteiger partial charge in [0.1, 0.15) is 34.5 Å². The van der Waals surface area contributed by atoms with E-state index in [1.807, 2.05) is 67.6 Å². The third kappa shape index (κ3) is 5.50. The van der Waals surface area contributed by atoms with Gasteiger partial charge in [-0.2, -0.15) is 0 Å². The number of aliphatic hydroxyl groups excluding tert-OH is 1. The van der Waals surface area contributed by atoms with Crippen LogP contribution in [-0.4, -0.2) is 48.7 Å². The topological polar surface area (TPSA) is 119 Å². The molecule has 0 bridgehead atoms. The number of fused-ring (bicyclic) bond motifs is 6. The second-order valence-corrected chi connectivity index (χ2v) is 15.1. The Balaban J connectivity index is 1.21. The molecule has 4 aromatic rings. The van der Waals surface area contributed by atoms with Crippen molar-refractivity contribution < 1.29 is 37.9 Å². The van der Waals surface area contributed by atoms with Crippen LogP contribution < -0.4 is 15.1 Å². The molecule has 2 aliphatic heterocycles. The van der Waals surface area contributed by atoms with Crippen LogP contribution in [0.2, 0.25) is 0 Å². The van der Waals surface area contributed by atoms with E-state index in [1.165, 1.54) is 0 Å². The molecule has 10 heteroatoms. The van der Waals surface area contributed by atoms with Gasteiger partial charge in [-0.15, -0.1) is 0 Å². The van der Waals surface area contributed by atoms with E-state index in [9.17, 15) is 9.90 Å². The van der Waals surface area contributed by atoms with E-state index in [0.29, 0.717) is 24.4 Å². The zero-order valence-corrected chi connectivity index (χ0v) is 29.6. The molecule has 268 valence electrons. The van der Waals surface area contributed by atoms with Crippen LogP contribution in [0.4, 0.5) is 0 Å². The molecule has 2 aromatic carbocycles. The summed E-state index contributed by atoms with van der Waals surface area (Å²) in [5.41, 5.74) is -0.0957. The van der Waals surface area contributed by atoms with Gasteiger partial charge in [-0.3, -0.25) is 4.98 Å². The van der Waals surface area contributed by atoms with Crippen molar-refractivity contribution in [1.29, 1.82) is 0 Å². The summed E-state index contributed by atoms with van der Waals surface area (Å²) >= 11 is 0. The zero-order valence-electron chi connectivity index (χ0n) is 29.6. The summed E-state index contributed by atoms with van der Waals surface area (Å²) in [4.78, 5) is 18.0. The second-order valence-electron chi connectivity index (χ2n) is 15.1. The molecule has 51 heavy (non-hydrogen) atoms. The number of rotatable bonds is 7. The highest BCUT2D eigenvalue weighted by Gasteiger charge is 2.70. The van der Waals surface area contributed by atoms with Gasteiger partial charge in [0, 0.05) is 53.6 Å². The molecule has 2 aromatic heterocycles. The highest BCUT2D eigenvalue weighted by atomic mass is 16.7. The molecule has 4 aliphatic rings. The van der Waals surface area contributed by atoms with E-state index in [4.69, 9.17) is 32.8 Å². The first-order valence-corrected chi connectivity index (χ1v) is 17.7. The number of pyridine rings is 1. The van der Waals surface area contributed by atoms with E-state index in [-0.39, 0.29) is 23.3 Å². The van der Waals surface area contributed by atoms with Gasteiger partial charge in [0.05, 0.1) is 25.9 Å². The van der Waals surface area contributed by atoms with Crippen molar-refractivity contribution in [2.45, 2.75) is 76.5 Å². The quantitative estimate of drug-likeness (QED) is 0.199. The zero-order chi connectivity index (χ0) is 35.5. The lowest BCUT2D eigenvalue weighted by Crippen LogP contribution is -2.71. The van der Waals surface area contributed by atoms with Gasteiger partial charge in [-0.05, 0) is 61.8 Å². The lowest BCUT2D eigenvalue weighted by molar-refractivity contribution is -0.340. The summed E-state index contributed by atoms with van der Waals surface area (Å²) in [5, 5.41) is 12.5. The van der Waals surface area contributed by atoms with Crippen LogP contribution in [0, 0.1) is 22.7 Å². The first-order valence-electron chi connectivity index (χ1n) is 17.7. The Kier molecular flexibility index (Phi) is 8.59. The number of benzene rings is 2. The smallest absolute Gasteiger partial charge is 0.345 e. The largest absolute Gasteiger partial charge is 0.497 e. The Morgan fingerprint density at radius 1 is 0.980 bits per heavy atom. The number of methoxy groups -OCH3 is 2. The van der Waals surface area contributed by atoms with Gasteiger partial charge in [0.15, 0.2) is 12.6 Å². The van der Waals surface area contributed by atoms with Crippen molar-refractivity contribution in [3.8, 4) is 22.8 Å². The van der Waals surface area contributed by atoms with E-state index >= 15 is 0 Å². The third-order valence-corrected chi connectivity index (χ3v) is 12.3. The van der Waals surface area contributed by atoms with Crippen molar-refractivity contribution in [1.82, 2.24) is 4.98 Å². The third-order valence-electron chi connectivity index (χ3n) is 12.3. The van der Waals surface area contributed by atoms with Crippen molar-refractivity contribution in [3.63, 3.8) is 0 Å². The van der Waals surface area contributed by atoms with E-state index < -0.39 is 52.8 Å². The summed E-state index contributed by atoms with van der Waals surface area (Å²) in [6.45, 7) is 6.92. The average molecular weight is 696 g/mol. The molecule has 4 heterocycles. The summed E-state index contributed by atoms with van der Waals surface area (Å²) in [7, 11) is 3.24. The maximum atomic E-state index is 13.8. The summed E-state index contributed by atoms with van der Waals surface area (Å²) in [6.07, 6.45) is 2.29. The first-order chi connectivity index (χ1) is 24.6. The summed E-state index contributed by atoms with van der Waals surface area (Å²) < 4.78 is 44.5. The molecule has 2 saturated carbocycles. The number of hydrogen-bond donors (Lipinski definition) is 1. The number of ether oxygens (including phenoxy) is 6. The predicted octanol–water partition coefficient (Wildman–Crippen LogP) is 7.18. The lowest BCUT2D eigenvalue weighted by atomic mass is 9.42. The van der Waals surface area contributed by atoms with Gasteiger partial charge in [-0.1, -0.05) is 56.3 Å². The highest BCUT2D eigenvalue weighted by molar-refractivity contribution is 5.59. The van der Waals surface area contributed by atoms with Gasteiger partial charge < -0.3 is 37.9 Å². The molecule has 8 rings (SSSR count). The molecule has 0 spiro atoms. The molecule has 3 fully saturated rings. The molecular weight excluding hydrogens is 650 g/mol. The van der Waals surface area contributed by atoms with Gasteiger partial charge in [-0.25, -0.2) is 4.79 Å². The van der Waals surface area contributed by atoms with Crippen LogP contribution in [0.1, 0.15) is 75.4 Å². The normalized spacial score (nSPS) is 34.5. The fourth-order valence-corrected chi connectivity index (χ4v) is 9.84. The molecule has 5 unspecified atom stereocenters. The van der Waals surface area contributed by atoms with E-state index in [0.717, 1.165) is 29.7 Å². The number of hydrogen-bond acceptors (Lipinski definition) is 10. The van der Waals surface area contributed by atoms with Crippen LogP contribution >= 0.6 is 0 Å². The lowest BCUT2D eigenvalue weighted by Gasteiger charge is -2.68. The maximum absolute atomic E-state index is 13.8. The number of aliphatic hydroxyl groups is 1. The summed E-state index contributed by atoms with van der Waals surface area (Å²) in [5.74, 6) is 0.717. The standard InChI is InChI=1S/C41H45NO9/c1-39-18-17-31-40(2,23-47-38(49-31)24-10-7-6-8-11-24)30(39)21-32(50-37(46-5)25-13-15-27(45-4)16-14-25)41(3)35(39)34(43)33-29(51-41)20-28(48-36(33)44)26-12-9-19-42-22-26/h6-16,19-20,22,30-32,34-35,37-38,43H,17-18,21,23H2,1-5H3/t30?,31-,32-,34-,35?,37?,38+,39?,40+,41?/m0/s1. The van der Waals surface area contributed by atoms with E-state index in [2.05, 4.69) is 18.8 Å². The molecule has 0 radical (unpaired) electrons. The molecule has 2 aliphatic carbocycles. The van der Waals surface area contributed by atoms with Crippen molar-refractivity contribution >= 4 is 0 Å². The maximum Gasteiger partial charge on any atom is 0.345 e. The Morgan fingerprint density at radius 3 is 2.47 bits per heavy atom. The highest BCUT2D eigenvalue weighted by Crippen LogP contribution is 2.68. The van der Waals surface area contributed by atoms with Gasteiger partial charge >= 0.3 is 5.63 Å². The van der Waals surface area contributed by atoms with Gasteiger partial charge in [0.25, 0.3) is 0 Å². The van der Waals surface area contributed by atoms with Crippen LogP contribution in [0.5, 0.6) is 11.5 Å². The molecule has 0 amide bonds. The van der Waals surface area contributed by atoms with Crippen molar-refractivity contribution in [2.75, 3.05) is 20.8 Å². The molecule has 10 atom stereocenters. The fourth-order valence-electron chi connectivity index (χ4n) is 9.84. The van der Waals surface area contributed by atoms with Crippen molar-refractivity contribution in [2.24, 2.45) is 22.7 Å². The minimum atomic E-state index is -1.19. The number of aromatic nitrogens is 1. The van der Waals surface area contributed by atoms with Crippen LogP contribution in [0.3, 0.4) is 0 Å². The molecule has 1 saturated heterocycles. The first kappa shape index (κ1) is 34.0. The molecular formula is C41H45NO9.